The van der Waals surface area contributed by atoms with Gasteiger partial charge in [0.2, 0.25) is 0 Å². The summed E-state index contributed by atoms with van der Waals surface area (Å²) in [7, 11) is -0.964. The molecule has 0 rings (SSSR count). The van der Waals surface area contributed by atoms with Crippen molar-refractivity contribution in [2.75, 3.05) is 13.2 Å². The second kappa shape index (κ2) is 5.73. The van der Waals surface area contributed by atoms with Gasteiger partial charge < -0.3 is 9.47 Å². The fourth-order valence-electron chi connectivity index (χ4n) is 1.30. The first-order valence-corrected chi connectivity index (χ1v) is 7.58. The maximum atomic E-state index is 5.66. The Morgan fingerprint density at radius 2 is 1.58 bits per heavy atom. The first-order valence-electron chi connectivity index (χ1n) is 4.70. The molecule has 12 heavy (non-hydrogen) atoms. The number of rotatable bonds is 6. The zero-order valence-electron chi connectivity index (χ0n) is 8.72. The predicted octanol–water partition coefficient (Wildman–Crippen LogP) is 2.01. The van der Waals surface area contributed by atoms with Crippen LogP contribution in [0.2, 0.25) is 13.1 Å². The third-order valence-electron chi connectivity index (χ3n) is 2.01. The SMILES string of the molecule is [CH2]CC(OCC)(OCC)[SiH](C)C. The van der Waals surface area contributed by atoms with E-state index in [0.29, 0.717) is 13.2 Å². The van der Waals surface area contributed by atoms with Gasteiger partial charge in [0, 0.05) is 13.2 Å². The molecule has 73 valence electrons. The lowest BCUT2D eigenvalue weighted by Gasteiger charge is -2.35. The van der Waals surface area contributed by atoms with Crippen molar-refractivity contribution in [2.45, 2.75) is 38.8 Å². The van der Waals surface area contributed by atoms with Gasteiger partial charge in [0.25, 0.3) is 0 Å². The first-order chi connectivity index (χ1) is 5.63. The molecule has 0 aliphatic carbocycles. The smallest absolute Gasteiger partial charge is 0.147 e. The van der Waals surface area contributed by atoms with Gasteiger partial charge in [0.05, 0.1) is 0 Å². The molecule has 0 heterocycles. The standard InChI is InChI=1S/C9H21O2Si/c1-6-9(10-7-2,11-8-3)12(4)5/h12H,1,6-8H2,2-5H3. The summed E-state index contributed by atoms with van der Waals surface area (Å²) < 4.78 is 11.3. The Hall–Kier alpha value is 0.137. The largest absolute Gasteiger partial charge is 0.354 e. The molecule has 0 unspecified atom stereocenters. The Morgan fingerprint density at radius 1 is 1.17 bits per heavy atom. The molecule has 2 nitrogen and oxygen atoms in total. The third-order valence-corrected chi connectivity index (χ3v) is 4.39. The highest BCUT2D eigenvalue weighted by Crippen LogP contribution is 2.21. The lowest BCUT2D eigenvalue weighted by Crippen LogP contribution is -2.47. The maximum absolute atomic E-state index is 5.66. The molecular weight excluding hydrogens is 168 g/mol. The van der Waals surface area contributed by atoms with E-state index in [2.05, 4.69) is 20.0 Å². The zero-order valence-corrected chi connectivity index (χ0v) is 9.88. The number of hydrogen-bond acceptors (Lipinski definition) is 2. The van der Waals surface area contributed by atoms with E-state index in [0.717, 1.165) is 6.42 Å². The van der Waals surface area contributed by atoms with Crippen molar-refractivity contribution in [3.8, 4) is 0 Å². The fraction of sp³-hybridized carbons (Fsp3) is 0.889. The van der Waals surface area contributed by atoms with Gasteiger partial charge in [-0.3, -0.25) is 0 Å². The Bertz CT molecular complexity index is 109. The van der Waals surface area contributed by atoms with Crippen molar-refractivity contribution >= 4 is 8.80 Å². The highest BCUT2D eigenvalue weighted by atomic mass is 28.3. The average molecular weight is 189 g/mol. The minimum absolute atomic E-state index is 0.330. The van der Waals surface area contributed by atoms with Crippen LogP contribution >= 0.6 is 0 Å². The van der Waals surface area contributed by atoms with Crippen molar-refractivity contribution in [2.24, 2.45) is 0 Å². The topological polar surface area (TPSA) is 18.5 Å². The molecule has 0 aliphatic rings. The lowest BCUT2D eigenvalue weighted by molar-refractivity contribution is -0.175. The van der Waals surface area contributed by atoms with Crippen molar-refractivity contribution < 1.29 is 9.47 Å². The molecule has 0 bridgehead atoms. The lowest BCUT2D eigenvalue weighted by atomic mass is 10.4. The Morgan fingerprint density at radius 3 is 1.75 bits per heavy atom. The normalized spacial score (nSPS) is 12.5. The summed E-state index contributed by atoms with van der Waals surface area (Å²) in [6.07, 6.45) is 0.721. The van der Waals surface area contributed by atoms with Crippen molar-refractivity contribution in [3.05, 3.63) is 6.92 Å². The zero-order chi connectivity index (χ0) is 9.61. The molecule has 1 radical (unpaired) electrons. The molecule has 0 saturated carbocycles. The Balaban J connectivity index is 4.28. The second-order valence-electron chi connectivity index (χ2n) is 3.08. The highest BCUT2D eigenvalue weighted by molar-refractivity contribution is 6.58. The van der Waals surface area contributed by atoms with Crippen molar-refractivity contribution in [1.82, 2.24) is 0 Å². The fourth-order valence-corrected chi connectivity index (χ4v) is 2.87. The number of hydrogen-bond donors (Lipinski definition) is 0. The van der Waals surface area contributed by atoms with Crippen molar-refractivity contribution in [3.63, 3.8) is 0 Å². The first kappa shape index (κ1) is 12.1. The molecule has 0 amide bonds. The van der Waals surface area contributed by atoms with Gasteiger partial charge in [-0.2, -0.15) is 0 Å². The summed E-state index contributed by atoms with van der Waals surface area (Å²) in [5.41, 5.74) is -0.330. The van der Waals surface area contributed by atoms with E-state index in [1.165, 1.54) is 0 Å². The van der Waals surface area contributed by atoms with E-state index < -0.39 is 8.80 Å². The van der Waals surface area contributed by atoms with E-state index in [1.54, 1.807) is 0 Å². The highest BCUT2D eigenvalue weighted by Gasteiger charge is 2.33. The van der Waals surface area contributed by atoms with Crippen LogP contribution in [0.3, 0.4) is 0 Å². The van der Waals surface area contributed by atoms with Crippen LogP contribution in [0.5, 0.6) is 0 Å². The van der Waals surface area contributed by atoms with Crippen LogP contribution < -0.4 is 0 Å². The molecule has 0 aliphatic heterocycles. The van der Waals surface area contributed by atoms with Crippen LogP contribution in [-0.2, 0) is 9.47 Å². The summed E-state index contributed by atoms with van der Waals surface area (Å²) in [6.45, 7) is 13.8. The average Bonchev–Trinajstić information content (AvgIpc) is 2.03. The maximum Gasteiger partial charge on any atom is 0.147 e. The molecule has 0 aromatic carbocycles. The van der Waals surface area contributed by atoms with E-state index in [1.807, 2.05) is 13.8 Å². The van der Waals surface area contributed by atoms with Crippen LogP contribution in [-0.4, -0.2) is 27.4 Å². The second-order valence-corrected chi connectivity index (χ2v) is 6.27. The van der Waals surface area contributed by atoms with Crippen molar-refractivity contribution in [1.29, 1.82) is 0 Å². The van der Waals surface area contributed by atoms with Gasteiger partial charge in [-0.05, 0) is 27.2 Å². The summed E-state index contributed by atoms with van der Waals surface area (Å²) in [4.78, 5) is 0. The summed E-state index contributed by atoms with van der Waals surface area (Å²) in [6, 6.07) is 0. The molecule has 0 saturated heterocycles. The Kier molecular flexibility index (Phi) is 5.79. The van der Waals surface area contributed by atoms with Crippen LogP contribution in [0.25, 0.3) is 0 Å². The van der Waals surface area contributed by atoms with Gasteiger partial charge in [-0.1, -0.05) is 13.1 Å². The van der Waals surface area contributed by atoms with Gasteiger partial charge in [0.1, 0.15) is 14.2 Å². The van der Waals surface area contributed by atoms with Gasteiger partial charge in [-0.25, -0.2) is 0 Å². The van der Waals surface area contributed by atoms with Crippen LogP contribution in [0, 0.1) is 6.92 Å². The van der Waals surface area contributed by atoms with E-state index >= 15 is 0 Å². The summed E-state index contributed by atoms with van der Waals surface area (Å²) in [5.74, 6) is 0. The van der Waals surface area contributed by atoms with Crippen LogP contribution in [0.1, 0.15) is 20.3 Å². The molecule has 0 spiro atoms. The molecular formula is C9H21O2Si. The van der Waals surface area contributed by atoms with Crippen LogP contribution in [0.15, 0.2) is 0 Å². The van der Waals surface area contributed by atoms with E-state index in [4.69, 9.17) is 9.47 Å². The number of ether oxygens (including phenoxy) is 2. The van der Waals surface area contributed by atoms with Crippen LogP contribution in [0.4, 0.5) is 0 Å². The minimum atomic E-state index is -0.964. The summed E-state index contributed by atoms with van der Waals surface area (Å²) >= 11 is 0. The van der Waals surface area contributed by atoms with E-state index in [-0.39, 0.29) is 5.41 Å². The third kappa shape index (κ3) is 2.88. The van der Waals surface area contributed by atoms with E-state index in [9.17, 15) is 0 Å². The monoisotopic (exact) mass is 189 g/mol. The molecule has 0 atom stereocenters. The molecule has 0 aromatic heterocycles. The molecule has 0 fully saturated rings. The quantitative estimate of drug-likeness (QED) is 0.470. The Labute approximate surface area is 77.9 Å². The van der Waals surface area contributed by atoms with Gasteiger partial charge >= 0.3 is 0 Å². The van der Waals surface area contributed by atoms with Gasteiger partial charge in [-0.15, -0.1) is 0 Å². The summed E-state index contributed by atoms with van der Waals surface area (Å²) in [5, 5.41) is 0. The van der Waals surface area contributed by atoms with Gasteiger partial charge in [0.15, 0.2) is 0 Å². The molecule has 0 aromatic rings. The molecule has 0 N–H and O–H groups in total. The molecule has 3 heteroatoms. The predicted molar refractivity (Wildman–Crippen MR) is 54.8 cm³/mol. The minimum Gasteiger partial charge on any atom is -0.354 e.